The van der Waals surface area contributed by atoms with E-state index in [-0.39, 0.29) is 17.8 Å². The van der Waals surface area contributed by atoms with Crippen LogP contribution in [0.5, 0.6) is 0 Å². The number of hydrogen-bond donors (Lipinski definition) is 0. The van der Waals surface area contributed by atoms with Crippen LogP contribution in [0.25, 0.3) is 0 Å². The molecule has 7 atom stereocenters. The number of carbonyl (C=O) groups is 1. The smallest absolute Gasteiger partial charge is 0.311 e. The predicted molar refractivity (Wildman–Crippen MR) is 68.0 cm³/mol. The fourth-order valence-corrected chi connectivity index (χ4v) is 4.76. The maximum absolute atomic E-state index is 12.1. The first kappa shape index (κ1) is 13.0. The van der Waals surface area contributed by atoms with E-state index in [1.807, 2.05) is 13.8 Å². The summed E-state index contributed by atoms with van der Waals surface area (Å²) in [6.07, 6.45) is 3.24. The largest absolute Gasteiger partial charge is 0.432 e. The molecule has 0 N–H and O–H groups in total. The maximum atomic E-state index is 12.1. The summed E-state index contributed by atoms with van der Waals surface area (Å²) in [5.41, 5.74) is -0.610. The molecule has 0 aromatic carbocycles. The third kappa shape index (κ3) is 1.46. The van der Waals surface area contributed by atoms with E-state index in [9.17, 15) is 4.79 Å². The van der Waals surface area contributed by atoms with Crippen LogP contribution in [0.15, 0.2) is 0 Å². The zero-order chi connectivity index (χ0) is 14.1. The predicted octanol–water partition coefficient (Wildman–Crippen LogP) is 2.39. The molecule has 5 heteroatoms. The van der Waals surface area contributed by atoms with E-state index in [0.717, 1.165) is 25.7 Å². The topological polar surface area (TPSA) is 54.0 Å². The van der Waals surface area contributed by atoms with Gasteiger partial charge in [-0.05, 0) is 32.1 Å². The summed E-state index contributed by atoms with van der Waals surface area (Å²) in [5.74, 6) is -0.137. The molecule has 4 heterocycles. The Morgan fingerprint density at radius 1 is 1.10 bits per heavy atom. The molecule has 5 aliphatic rings. The van der Waals surface area contributed by atoms with Gasteiger partial charge in [0.05, 0.1) is 5.92 Å². The Kier molecular flexibility index (Phi) is 2.58. The van der Waals surface area contributed by atoms with Gasteiger partial charge in [0, 0.05) is 18.3 Å². The van der Waals surface area contributed by atoms with Gasteiger partial charge in [-0.2, -0.15) is 0 Å². The van der Waals surface area contributed by atoms with Crippen LogP contribution in [-0.2, 0) is 24.0 Å². The molecule has 5 nitrogen and oxygen atoms in total. The molecule has 5 rings (SSSR count). The minimum atomic E-state index is -0.793. The van der Waals surface area contributed by atoms with Crippen LogP contribution in [0.1, 0.15) is 46.5 Å². The Morgan fingerprint density at radius 2 is 1.90 bits per heavy atom. The van der Waals surface area contributed by atoms with Crippen LogP contribution < -0.4 is 0 Å². The highest BCUT2D eigenvalue weighted by Gasteiger charge is 2.69. The lowest BCUT2D eigenvalue weighted by molar-refractivity contribution is -0.559. The minimum absolute atomic E-state index is 0.123. The van der Waals surface area contributed by atoms with Crippen LogP contribution in [0.2, 0.25) is 0 Å². The summed E-state index contributed by atoms with van der Waals surface area (Å²) in [6, 6.07) is 0. The van der Waals surface area contributed by atoms with Crippen LogP contribution in [0, 0.1) is 23.7 Å². The Morgan fingerprint density at radius 3 is 2.70 bits per heavy atom. The molecule has 5 fully saturated rings. The zero-order valence-corrected chi connectivity index (χ0v) is 12.3. The average Bonchev–Trinajstić information content (AvgIpc) is 2.63. The summed E-state index contributed by atoms with van der Waals surface area (Å²) < 4.78 is 11.6. The first-order chi connectivity index (χ1) is 9.46. The van der Waals surface area contributed by atoms with Crippen LogP contribution in [0.3, 0.4) is 0 Å². The van der Waals surface area contributed by atoms with Crippen LogP contribution in [-0.4, -0.2) is 23.6 Å². The van der Waals surface area contributed by atoms with Crippen LogP contribution in [0.4, 0.5) is 0 Å². The fraction of sp³-hybridized carbons (Fsp3) is 0.933. The van der Waals surface area contributed by atoms with Gasteiger partial charge in [-0.15, -0.1) is 0 Å². The Balaban J connectivity index is 1.84. The summed E-state index contributed by atoms with van der Waals surface area (Å²) in [5, 5.41) is 0. The van der Waals surface area contributed by atoms with Gasteiger partial charge in [-0.1, -0.05) is 13.8 Å². The van der Waals surface area contributed by atoms with Gasteiger partial charge in [-0.3, -0.25) is 4.79 Å². The van der Waals surface area contributed by atoms with E-state index < -0.39 is 17.7 Å². The number of fused-ring (bicyclic) bond motifs is 2. The molecule has 2 unspecified atom stereocenters. The van der Waals surface area contributed by atoms with Crippen molar-refractivity contribution in [1.29, 1.82) is 0 Å². The quantitative estimate of drug-likeness (QED) is 0.504. The standard InChI is InChI=1S/C15H22O5/c1-8-4-5-11-9(2)12(16)17-13-15(11)10(8)6-7-14(3,18-13)19-20-15/h8-11,13H,4-7H2,1-3H3/t8-,9-,10+,11?,13-,14?,15-/m1/s1. The van der Waals surface area contributed by atoms with E-state index in [4.69, 9.17) is 19.2 Å². The minimum Gasteiger partial charge on any atom is -0.432 e. The van der Waals surface area contributed by atoms with Gasteiger partial charge in [0.15, 0.2) is 5.60 Å². The second kappa shape index (κ2) is 3.96. The Hall–Kier alpha value is -0.650. The highest BCUT2D eigenvalue weighted by Crippen LogP contribution is 2.59. The molecule has 1 spiro atoms. The lowest BCUT2D eigenvalue weighted by Gasteiger charge is -2.57. The highest BCUT2D eigenvalue weighted by atomic mass is 17.3. The molecule has 4 saturated heterocycles. The van der Waals surface area contributed by atoms with Crippen molar-refractivity contribution in [1.82, 2.24) is 0 Å². The first-order valence-corrected chi connectivity index (χ1v) is 7.71. The molecule has 1 saturated carbocycles. The van der Waals surface area contributed by atoms with Gasteiger partial charge < -0.3 is 9.47 Å². The molecule has 4 aliphatic heterocycles. The molecule has 1 aliphatic carbocycles. The number of ether oxygens (including phenoxy) is 2. The lowest BCUT2D eigenvalue weighted by Crippen LogP contribution is -2.69. The normalized spacial score (nSPS) is 57.8. The molecular weight excluding hydrogens is 260 g/mol. The van der Waals surface area contributed by atoms with Gasteiger partial charge in [-0.25, -0.2) is 9.78 Å². The lowest BCUT2D eigenvalue weighted by atomic mass is 9.58. The molecule has 0 amide bonds. The molecule has 0 radical (unpaired) electrons. The average molecular weight is 282 g/mol. The highest BCUT2D eigenvalue weighted by molar-refractivity contribution is 5.74. The summed E-state index contributed by atoms with van der Waals surface area (Å²) in [4.78, 5) is 23.7. The molecule has 0 aromatic rings. The number of rotatable bonds is 0. The SMILES string of the molecule is C[C@@H]1CCC2[C@@H](C)C(=O)O[C@@H]3OC4(C)CC[C@@H]1[C@@]23OO4. The first-order valence-electron chi connectivity index (χ1n) is 7.71. The Labute approximate surface area is 118 Å². The van der Waals surface area contributed by atoms with E-state index in [0.29, 0.717) is 11.8 Å². The maximum Gasteiger partial charge on any atom is 0.311 e. The number of hydrogen-bond acceptors (Lipinski definition) is 5. The van der Waals surface area contributed by atoms with E-state index >= 15 is 0 Å². The van der Waals surface area contributed by atoms with Crippen molar-refractivity contribution in [3.63, 3.8) is 0 Å². The van der Waals surface area contributed by atoms with E-state index in [1.165, 1.54) is 0 Å². The third-order valence-corrected chi connectivity index (χ3v) is 5.97. The summed E-state index contributed by atoms with van der Waals surface area (Å²) in [7, 11) is 0. The van der Waals surface area contributed by atoms with Crippen molar-refractivity contribution in [3.8, 4) is 0 Å². The van der Waals surface area contributed by atoms with Gasteiger partial charge in [0.25, 0.3) is 0 Å². The van der Waals surface area contributed by atoms with Crippen molar-refractivity contribution >= 4 is 5.97 Å². The second-order valence-corrected chi connectivity index (χ2v) is 7.14. The van der Waals surface area contributed by atoms with E-state index in [1.54, 1.807) is 0 Å². The number of carbonyl (C=O) groups excluding carboxylic acids is 1. The molecule has 20 heavy (non-hydrogen) atoms. The molecular formula is C15H22O5. The van der Waals surface area contributed by atoms with Crippen molar-refractivity contribution in [2.45, 2.75) is 64.1 Å². The monoisotopic (exact) mass is 282 g/mol. The zero-order valence-electron chi connectivity index (χ0n) is 12.3. The van der Waals surface area contributed by atoms with Gasteiger partial charge >= 0.3 is 5.97 Å². The van der Waals surface area contributed by atoms with Crippen LogP contribution >= 0.6 is 0 Å². The van der Waals surface area contributed by atoms with Crippen molar-refractivity contribution < 1.29 is 24.0 Å². The summed E-state index contributed by atoms with van der Waals surface area (Å²) >= 11 is 0. The Bertz CT molecular complexity index is 452. The van der Waals surface area contributed by atoms with Gasteiger partial charge in [0.1, 0.15) is 0 Å². The molecule has 0 aromatic heterocycles. The molecule has 112 valence electrons. The third-order valence-electron chi connectivity index (χ3n) is 5.97. The van der Waals surface area contributed by atoms with Crippen molar-refractivity contribution in [3.05, 3.63) is 0 Å². The van der Waals surface area contributed by atoms with Gasteiger partial charge in [0.2, 0.25) is 12.1 Å². The van der Waals surface area contributed by atoms with E-state index in [2.05, 4.69) is 6.92 Å². The second-order valence-electron chi connectivity index (χ2n) is 7.14. The summed E-state index contributed by atoms with van der Waals surface area (Å²) in [6.45, 7) is 6.06. The fourth-order valence-electron chi connectivity index (χ4n) is 4.76. The van der Waals surface area contributed by atoms with Crippen molar-refractivity contribution in [2.24, 2.45) is 23.7 Å². The van der Waals surface area contributed by atoms with Crippen molar-refractivity contribution in [2.75, 3.05) is 0 Å². The molecule has 2 bridgehead atoms. The number of esters is 1.